The third-order valence-electron chi connectivity index (χ3n) is 10.8. The molecule has 5 rings (SSSR count). The van der Waals surface area contributed by atoms with E-state index in [4.69, 9.17) is 4.65 Å². The van der Waals surface area contributed by atoms with Gasteiger partial charge >= 0.3 is 7.12 Å². The fraction of sp³-hybridized carbons (Fsp3) is 0.966. The van der Waals surface area contributed by atoms with Crippen LogP contribution in [0.3, 0.4) is 0 Å². The third kappa shape index (κ3) is 6.29. The summed E-state index contributed by atoms with van der Waals surface area (Å²) in [6.45, 7) is 8.42. The number of carbonyl (C=O) groups is 1. The second-order valence-corrected chi connectivity index (χ2v) is 13.4. The molecular weight excluding hydrogens is 435 g/mol. The van der Waals surface area contributed by atoms with Gasteiger partial charge in [0.05, 0.1) is 0 Å². The van der Waals surface area contributed by atoms with Gasteiger partial charge in [-0.2, -0.15) is 0 Å². The lowest BCUT2D eigenvalue weighted by Crippen LogP contribution is -2.45. The first kappa shape index (κ1) is 26.0. The average molecular weight is 487 g/mol. The van der Waals surface area contributed by atoms with Gasteiger partial charge in [0, 0.05) is 31.7 Å². The van der Waals surface area contributed by atoms with E-state index in [0.29, 0.717) is 35.5 Å². The SMILES string of the molecule is CC(C)NCC1CCCC(C2CCN(C(=O)C3CCCC(C4CCC5COB(O)C5C4)C3)CC2)C1. The van der Waals surface area contributed by atoms with Crippen molar-refractivity contribution in [2.45, 2.75) is 109 Å². The minimum atomic E-state index is -0.545. The van der Waals surface area contributed by atoms with Crippen LogP contribution in [0, 0.1) is 41.4 Å². The molecule has 5 nitrogen and oxygen atoms in total. The van der Waals surface area contributed by atoms with Gasteiger partial charge in [-0.3, -0.25) is 4.79 Å². The van der Waals surface area contributed by atoms with Gasteiger partial charge in [0.2, 0.25) is 5.91 Å². The van der Waals surface area contributed by atoms with E-state index in [1.165, 1.54) is 70.8 Å². The van der Waals surface area contributed by atoms with E-state index in [0.717, 1.165) is 56.7 Å². The van der Waals surface area contributed by atoms with Crippen LogP contribution in [0.2, 0.25) is 5.82 Å². The van der Waals surface area contributed by atoms with Crippen LogP contribution in [-0.2, 0) is 9.45 Å². The highest BCUT2D eigenvalue weighted by atomic mass is 16.5. The highest BCUT2D eigenvalue weighted by Gasteiger charge is 2.46. The van der Waals surface area contributed by atoms with E-state index < -0.39 is 7.12 Å². The molecule has 0 aromatic heterocycles. The van der Waals surface area contributed by atoms with Crippen molar-refractivity contribution in [2.75, 3.05) is 26.2 Å². The summed E-state index contributed by atoms with van der Waals surface area (Å²) >= 11 is 0. The van der Waals surface area contributed by atoms with Gasteiger partial charge in [-0.25, -0.2) is 0 Å². The Balaban J connectivity index is 1.08. The van der Waals surface area contributed by atoms with Gasteiger partial charge in [-0.05, 0) is 106 Å². The van der Waals surface area contributed by atoms with E-state index >= 15 is 0 Å². The van der Waals surface area contributed by atoms with Crippen molar-refractivity contribution in [1.29, 1.82) is 0 Å². The Kier molecular flexibility index (Phi) is 8.82. The lowest BCUT2D eigenvalue weighted by atomic mass is 9.57. The van der Waals surface area contributed by atoms with Crippen LogP contribution in [0.5, 0.6) is 0 Å². The molecule has 0 bridgehead atoms. The Morgan fingerprint density at radius 1 is 0.886 bits per heavy atom. The third-order valence-corrected chi connectivity index (χ3v) is 10.8. The zero-order valence-corrected chi connectivity index (χ0v) is 22.5. The Morgan fingerprint density at radius 3 is 2.34 bits per heavy atom. The molecule has 1 amide bonds. The Labute approximate surface area is 214 Å². The Bertz CT molecular complexity index is 697. The summed E-state index contributed by atoms with van der Waals surface area (Å²) in [7, 11) is -0.545. The van der Waals surface area contributed by atoms with E-state index in [1.54, 1.807) is 0 Å². The highest BCUT2D eigenvalue weighted by Crippen LogP contribution is 2.49. The first-order valence-electron chi connectivity index (χ1n) is 15.3. The quantitative estimate of drug-likeness (QED) is 0.511. The number of likely N-dealkylation sites (tertiary alicyclic amines) is 1. The average Bonchev–Trinajstić information content (AvgIpc) is 3.27. The van der Waals surface area contributed by atoms with Gasteiger partial charge in [0.15, 0.2) is 0 Å². The van der Waals surface area contributed by atoms with Crippen LogP contribution in [0.25, 0.3) is 0 Å². The van der Waals surface area contributed by atoms with Crippen molar-refractivity contribution in [1.82, 2.24) is 10.2 Å². The van der Waals surface area contributed by atoms with E-state index in [-0.39, 0.29) is 5.92 Å². The van der Waals surface area contributed by atoms with Crippen LogP contribution >= 0.6 is 0 Å². The maximum atomic E-state index is 13.6. The maximum Gasteiger partial charge on any atom is 0.457 e. The molecule has 2 saturated heterocycles. The van der Waals surface area contributed by atoms with Crippen molar-refractivity contribution < 1.29 is 14.5 Å². The minimum absolute atomic E-state index is 0.244. The number of nitrogens with zero attached hydrogens (tertiary/aromatic N) is 1. The van der Waals surface area contributed by atoms with Crippen molar-refractivity contribution in [3.63, 3.8) is 0 Å². The molecule has 6 heteroatoms. The van der Waals surface area contributed by atoms with Crippen LogP contribution in [-0.4, -0.2) is 55.2 Å². The Morgan fingerprint density at radius 2 is 1.57 bits per heavy atom. The zero-order valence-electron chi connectivity index (χ0n) is 22.5. The molecule has 2 aliphatic heterocycles. The summed E-state index contributed by atoms with van der Waals surface area (Å²) in [5.74, 6) is 5.52. The largest absolute Gasteiger partial charge is 0.457 e. The number of amides is 1. The fourth-order valence-electron chi connectivity index (χ4n) is 8.71. The predicted octanol–water partition coefficient (Wildman–Crippen LogP) is 5.13. The molecule has 3 saturated carbocycles. The van der Waals surface area contributed by atoms with Gasteiger partial charge in [-0.15, -0.1) is 0 Å². The lowest BCUT2D eigenvalue weighted by molar-refractivity contribution is -0.139. The van der Waals surface area contributed by atoms with Crippen molar-refractivity contribution in [3.05, 3.63) is 0 Å². The number of piperidine rings is 1. The smallest absolute Gasteiger partial charge is 0.427 e. The summed E-state index contributed by atoms with van der Waals surface area (Å²) in [5, 5.41) is 13.9. The standard InChI is InChI=1S/C29H51BN2O3/c1-20(2)31-18-21-5-3-6-23(15-21)22-11-13-32(14-12-22)29(33)26-8-4-7-24(16-26)25-9-10-27-19-35-30(34)28(27)17-25/h20-28,31,34H,3-19H2,1-2H3. The second kappa shape index (κ2) is 11.9. The van der Waals surface area contributed by atoms with Crippen molar-refractivity contribution in [3.8, 4) is 0 Å². The number of hydrogen-bond acceptors (Lipinski definition) is 4. The second-order valence-electron chi connectivity index (χ2n) is 13.4. The van der Waals surface area contributed by atoms with Crippen LogP contribution in [0.4, 0.5) is 0 Å². The molecule has 0 aromatic carbocycles. The maximum absolute atomic E-state index is 13.6. The zero-order chi connectivity index (χ0) is 24.4. The molecule has 198 valence electrons. The number of rotatable bonds is 6. The summed E-state index contributed by atoms with van der Waals surface area (Å²) in [6, 6.07) is 0.586. The molecule has 0 spiro atoms. The molecule has 3 aliphatic carbocycles. The van der Waals surface area contributed by atoms with Crippen LogP contribution < -0.4 is 5.32 Å². The van der Waals surface area contributed by atoms with E-state index in [9.17, 15) is 9.82 Å². The fourth-order valence-corrected chi connectivity index (χ4v) is 8.71. The Hall–Kier alpha value is -0.585. The van der Waals surface area contributed by atoms with Crippen molar-refractivity contribution >= 4 is 13.0 Å². The number of nitrogens with one attached hydrogen (secondary N) is 1. The number of carbonyl (C=O) groups excluding carboxylic acids is 1. The molecule has 5 aliphatic rings. The normalized spacial score (nSPS) is 39.1. The monoisotopic (exact) mass is 486 g/mol. The predicted molar refractivity (Wildman–Crippen MR) is 142 cm³/mol. The van der Waals surface area contributed by atoms with E-state index in [2.05, 4.69) is 24.1 Å². The molecule has 5 fully saturated rings. The minimum Gasteiger partial charge on any atom is -0.427 e. The topological polar surface area (TPSA) is 61.8 Å². The molecule has 2 heterocycles. The van der Waals surface area contributed by atoms with Gasteiger partial charge in [0.1, 0.15) is 0 Å². The molecule has 0 aromatic rings. The van der Waals surface area contributed by atoms with Crippen molar-refractivity contribution in [2.24, 2.45) is 41.4 Å². The molecule has 0 radical (unpaired) electrons. The van der Waals surface area contributed by atoms with Crippen LogP contribution in [0.15, 0.2) is 0 Å². The molecule has 2 N–H and O–H groups in total. The van der Waals surface area contributed by atoms with E-state index in [1.807, 2.05) is 0 Å². The highest BCUT2D eigenvalue weighted by molar-refractivity contribution is 6.45. The first-order valence-corrected chi connectivity index (χ1v) is 15.3. The number of fused-ring (bicyclic) bond motifs is 1. The van der Waals surface area contributed by atoms with Crippen LogP contribution in [0.1, 0.15) is 97.3 Å². The molecular formula is C29H51BN2O3. The van der Waals surface area contributed by atoms with Gasteiger partial charge in [0.25, 0.3) is 0 Å². The first-order chi connectivity index (χ1) is 17.0. The van der Waals surface area contributed by atoms with Gasteiger partial charge < -0.3 is 19.9 Å². The molecule has 7 unspecified atom stereocenters. The summed E-state index contributed by atoms with van der Waals surface area (Å²) in [6.07, 6.45) is 16.3. The summed E-state index contributed by atoms with van der Waals surface area (Å²) in [4.78, 5) is 15.8. The summed E-state index contributed by atoms with van der Waals surface area (Å²) in [5.41, 5.74) is 0. The molecule has 7 atom stereocenters. The lowest BCUT2D eigenvalue weighted by Gasteiger charge is -2.42. The molecule has 35 heavy (non-hydrogen) atoms. The number of hydrogen-bond donors (Lipinski definition) is 2. The van der Waals surface area contributed by atoms with Gasteiger partial charge in [-0.1, -0.05) is 39.5 Å². The summed E-state index contributed by atoms with van der Waals surface area (Å²) < 4.78 is 5.55.